The quantitative estimate of drug-likeness (QED) is 0.553. The van der Waals surface area contributed by atoms with Gasteiger partial charge in [-0.2, -0.15) is 0 Å². The predicted octanol–water partition coefficient (Wildman–Crippen LogP) is 5.51. The lowest BCUT2D eigenvalue weighted by Gasteiger charge is -2.55. The van der Waals surface area contributed by atoms with E-state index in [0.717, 1.165) is 25.7 Å². The summed E-state index contributed by atoms with van der Waals surface area (Å²) in [5.74, 6) is 1.63. The number of fused-ring (bicyclic) bond motifs is 5. The first kappa shape index (κ1) is 18.1. The lowest BCUT2D eigenvalue weighted by Crippen LogP contribution is -2.49. The SMILES string of the molecule is CCCC/C=C/[C@]12CC[C@]3(C)C[C@H](O)C[C@H]3[C@@H]1CCc1cc(O)ccc12. The summed E-state index contributed by atoms with van der Waals surface area (Å²) in [6, 6.07) is 6.06. The first-order valence-electron chi connectivity index (χ1n) is 10.7. The Hall–Kier alpha value is -1.28. The molecule has 3 aliphatic carbocycles. The van der Waals surface area contributed by atoms with Crippen LogP contribution >= 0.6 is 0 Å². The smallest absolute Gasteiger partial charge is 0.115 e. The highest BCUT2D eigenvalue weighted by atomic mass is 16.3. The summed E-state index contributed by atoms with van der Waals surface area (Å²) >= 11 is 0. The fourth-order valence-corrected chi connectivity index (χ4v) is 6.58. The minimum Gasteiger partial charge on any atom is -0.508 e. The lowest BCUT2D eigenvalue weighted by atomic mass is 9.48. The maximum absolute atomic E-state index is 10.4. The average Bonchev–Trinajstić information content (AvgIpc) is 2.92. The van der Waals surface area contributed by atoms with Gasteiger partial charge in [-0.25, -0.2) is 0 Å². The summed E-state index contributed by atoms with van der Waals surface area (Å²) < 4.78 is 0. The van der Waals surface area contributed by atoms with Gasteiger partial charge in [-0.15, -0.1) is 0 Å². The summed E-state index contributed by atoms with van der Waals surface area (Å²) in [7, 11) is 0. The first-order valence-corrected chi connectivity index (χ1v) is 10.7. The Morgan fingerprint density at radius 3 is 2.88 bits per heavy atom. The van der Waals surface area contributed by atoms with E-state index in [1.807, 2.05) is 12.1 Å². The second-order valence-corrected chi connectivity index (χ2v) is 9.43. The molecule has 2 nitrogen and oxygen atoms in total. The van der Waals surface area contributed by atoms with Crippen LogP contribution in [0.2, 0.25) is 0 Å². The molecule has 0 amide bonds. The average molecular weight is 355 g/mol. The molecule has 26 heavy (non-hydrogen) atoms. The number of aliphatic hydroxyl groups excluding tert-OH is 1. The van der Waals surface area contributed by atoms with E-state index in [-0.39, 0.29) is 11.5 Å². The molecular formula is C24H34O2. The van der Waals surface area contributed by atoms with Gasteiger partial charge in [0.25, 0.3) is 0 Å². The fraction of sp³-hybridized carbons (Fsp3) is 0.667. The van der Waals surface area contributed by atoms with Crippen LogP contribution in [0.5, 0.6) is 5.75 Å². The normalized spacial score (nSPS) is 38.8. The van der Waals surface area contributed by atoms with Crippen LogP contribution in [0.15, 0.2) is 30.4 Å². The van der Waals surface area contributed by atoms with Gasteiger partial charge in [0.15, 0.2) is 0 Å². The van der Waals surface area contributed by atoms with Crippen molar-refractivity contribution in [3.8, 4) is 5.75 Å². The van der Waals surface area contributed by atoms with Gasteiger partial charge in [0.2, 0.25) is 0 Å². The molecule has 2 saturated carbocycles. The molecule has 0 spiro atoms. The van der Waals surface area contributed by atoms with Crippen molar-refractivity contribution in [1.29, 1.82) is 0 Å². The number of unbranched alkanes of at least 4 members (excludes halogenated alkanes) is 2. The minimum atomic E-state index is -0.119. The zero-order valence-electron chi connectivity index (χ0n) is 16.4. The Morgan fingerprint density at radius 1 is 1.23 bits per heavy atom. The highest BCUT2D eigenvalue weighted by Crippen LogP contribution is 2.63. The second-order valence-electron chi connectivity index (χ2n) is 9.43. The molecule has 1 aromatic carbocycles. The fourth-order valence-electron chi connectivity index (χ4n) is 6.58. The van der Waals surface area contributed by atoms with Crippen LogP contribution in [-0.2, 0) is 11.8 Å². The van der Waals surface area contributed by atoms with Crippen LogP contribution in [0.3, 0.4) is 0 Å². The number of phenolic OH excluding ortho intramolecular Hbond substituents is 1. The van der Waals surface area contributed by atoms with Gasteiger partial charge in [-0.3, -0.25) is 0 Å². The minimum absolute atomic E-state index is 0.100. The third kappa shape index (κ3) is 2.81. The number of aryl methyl sites for hydroxylation is 1. The van der Waals surface area contributed by atoms with Gasteiger partial charge in [-0.1, -0.05) is 44.9 Å². The highest BCUT2D eigenvalue weighted by Gasteiger charge is 2.57. The van der Waals surface area contributed by atoms with E-state index in [1.54, 1.807) is 0 Å². The zero-order valence-corrected chi connectivity index (χ0v) is 16.4. The molecule has 2 heteroatoms. The number of aliphatic hydroxyl groups is 1. The summed E-state index contributed by atoms with van der Waals surface area (Å²) in [5, 5.41) is 20.4. The molecule has 0 heterocycles. The van der Waals surface area contributed by atoms with Crippen molar-refractivity contribution in [3.63, 3.8) is 0 Å². The number of hydrogen-bond acceptors (Lipinski definition) is 2. The summed E-state index contributed by atoms with van der Waals surface area (Å²) in [4.78, 5) is 0. The van der Waals surface area contributed by atoms with Crippen LogP contribution < -0.4 is 0 Å². The lowest BCUT2D eigenvalue weighted by molar-refractivity contribution is 0.0274. The van der Waals surface area contributed by atoms with Crippen LogP contribution in [-0.4, -0.2) is 16.3 Å². The predicted molar refractivity (Wildman–Crippen MR) is 106 cm³/mol. The van der Waals surface area contributed by atoms with Crippen molar-refractivity contribution in [2.45, 2.75) is 83.2 Å². The monoisotopic (exact) mass is 354 g/mol. The van der Waals surface area contributed by atoms with Crippen LogP contribution in [0, 0.1) is 17.3 Å². The molecule has 5 atom stereocenters. The molecule has 1 aromatic rings. The van der Waals surface area contributed by atoms with E-state index in [0.29, 0.717) is 23.0 Å². The third-order valence-electron chi connectivity index (χ3n) is 7.83. The number of hydrogen-bond donors (Lipinski definition) is 2. The molecule has 0 bridgehead atoms. The largest absolute Gasteiger partial charge is 0.508 e. The topological polar surface area (TPSA) is 40.5 Å². The van der Waals surface area contributed by atoms with E-state index in [9.17, 15) is 10.2 Å². The molecule has 2 fully saturated rings. The molecule has 0 radical (unpaired) electrons. The summed E-state index contributed by atoms with van der Waals surface area (Å²) in [5.41, 5.74) is 3.19. The highest BCUT2D eigenvalue weighted by molar-refractivity contribution is 5.46. The van der Waals surface area contributed by atoms with Crippen molar-refractivity contribution in [3.05, 3.63) is 41.5 Å². The maximum atomic E-state index is 10.4. The molecule has 0 saturated heterocycles. The van der Waals surface area contributed by atoms with Gasteiger partial charge in [-0.05, 0) is 85.5 Å². The van der Waals surface area contributed by atoms with E-state index >= 15 is 0 Å². The maximum Gasteiger partial charge on any atom is 0.115 e. The van der Waals surface area contributed by atoms with Gasteiger partial charge >= 0.3 is 0 Å². The zero-order chi connectivity index (χ0) is 18.4. The molecule has 2 N–H and O–H groups in total. The van der Waals surface area contributed by atoms with Gasteiger partial charge in [0.1, 0.15) is 5.75 Å². The number of benzene rings is 1. The van der Waals surface area contributed by atoms with E-state index in [1.165, 1.54) is 43.2 Å². The van der Waals surface area contributed by atoms with Crippen molar-refractivity contribution in [2.75, 3.05) is 0 Å². The van der Waals surface area contributed by atoms with Gasteiger partial charge in [0.05, 0.1) is 6.10 Å². The molecule has 0 aliphatic heterocycles. The number of phenols is 1. The van der Waals surface area contributed by atoms with Crippen molar-refractivity contribution < 1.29 is 10.2 Å². The van der Waals surface area contributed by atoms with Gasteiger partial charge < -0.3 is 10.2 Å². The second kappa shape index (κ2) is 6.71. The Bertz CT molecular complexity index is 693. The van der Waals surface area contributed by atoms with Crippen molar-refractivity contribution in [2.24, 2.45) is 17.3 Å². The summed E-state index contributed by atoms with van der Waals surface area (Å²) in [6.45, 7) is 4.67. The van der Waals surface area contributed by atoms with Crippen molar-refractivity contribution in [1.82, 2.24) is 0 Å². The molecule has 0 aromatic heterocycles. The molecule has 0 unspecified atom stereocenters. The van der Waals surface area contributed by atoms with Crippen LogP contribution in [0.1, 0.15) is 76.3 Å². The van der Waals surface area contributed by atoms with Crippen LogP contribution in [0.25, 0.3) is 0 Å². The molecule has 4 rings (SSSR count). The summed E-state index contributed by atoms with van der Waals surface area (Å²) in [6.07, 6.45) is 15.0. The number of aromatic hydroxyl groups is 1. The van der Waals surface area contributed by atoms with E-state index in [4.69, 9.17) is 0 Å². The Morgan fingerprint density at radius 2 is 2.08 bits per heavy atom. The number of rotatable bonds is 4. The Balaban J connectivity index is 1.76. The van der Waals surface area contributed by atoms with E-state index in [2.05, 4.69) is 32.1 Å². The third-order valence-corrected chi connectivity index (χ3v) is 7.83. The Labute approximate surface area is 158 Å². The molecule has 3 aliphatic rings. The molecule has 142 valence electrons. The van der Waals surface area contributed by atoms with Crippen LogP contribution in [0.4, 0.5) is 0 Å². The standard InChI is InChI=1S/C24H34O2/c1-3-4-5-6-11-24-13-12-23(2)16-19(26)15-22(23)21(24)9-7-17-14-18(25)8-10-20(17)24/h6,8,10-11,14,19,21-22,25-26H,3-5,7,9,12-13,15-16H2,1-2H3/b11-6+/t19-,21+,22+,23-,24-/m1/s1. The molecular weight excluding hydrogens is 320 g/mol. The van der Waals surface area contributed by atoms with E-state index < -0.39 is 0 Å². The van der Waals surface area contributed by atoms with Crippen molar-refractivity contribution >= 4 is 0 Å². The Kier molecular flexibility index (Phi) is 4.67. The first-order chi connectivity index (χ1) is 12.5. The number of allylic oxidation sites excluding steroid dienone is 2. The van der Waals surface area contributed by atoms with Gasteiger partial charge in [0, 0.05) is 5.41 Å².